The van der Waals surface area contributed by atoms with E-state index < -0.39 is 5.97 Å². The zero-order valence-corrected chi connectivity index (χ0v) is 10.7. The lowest BCUT2D eigenvalue weighted by atomic mass is 9.78. The van der Waals surface area contributed by atoms with Gasteiger partial charge in [0, 0.05) is 5.39 Å². The molecule has 0 radical (unpaired) electrons. The lowest BCUT2D eigenvalue weighted by Crippen LogP contribution is -2.29. The topological polar surface area (TPSA) is 70.7 Å². The van der Waals surface area contributed by atoms with Gasteiger partial charge in [0.05, 0.1) is 6.10 Å². The van der Waals surface area contributed by atoms with Crippen LogP contribution in [0.15, 0.2) is 22.6 Å². The van der Waals surface area contributed by atoms with Crippen LogP contribution in [-0.4, -0.2) is 22.3 Å². The molecule has 2 aromatic rings. The molecule has 1 fully saturated rings. The highest BCUT2D eigenvalue weighted by molar-refractivity contribution is 6.03. The Kier molecular flexibility index (Phi) is 2.82. The van der Waals surface area contributed by atoms with Gasteiger partial charge in [0.1, 0.15) is 16.9 Å². The van der Waals surface area contributed by atoms with Crippen LogP contribution in [-0.2, 0) is 6.42 Å². The number of rotatable bonds is 3. The van der Waals surface area contributed by atoms with E-state index in [0.29, 0.717) is 22.6 Å². The molecule has 100 valence electrons. The fraction of sp³-hybridized carbons (Fsp3) is 0.400. The largest absolute Gasteiger partial charge is 0.478 e. The van der Waals surface area contributed by atoms with E-state index in [1.807, 2.05) is 18.2 Å². The third-order valence-electron chi connectivity index (χ3n) is 3.88. The molecule has 0 spiro atoms. The summed E-state index contributed by atoms with van der Waals surface area (Å²) >= 11 is 0. The van der Waals surface area contributed by atoms with Gasteiger partial charge in [0.2, 0.25) is 0 Å². The minimum Gasteiger partial charge on any atom is -0.478 e. The summed E-state index contributed by atoms with van der Waals surface area (Å²) in [5, 5.41) is 19.2. The minimum atomic E-state index is -0.951. The molecule has 1 heterocycles. The normalized spacial score (nSPS) is 22.4. The van der Waals surface area contributed by atoms with Gasteiger partial charge < -0.3 is 14.6 Å². The monoisotopic (exact) mass is 260 g/mol. The molecule has 0 unspecified atom stereocenters. The van der Waals surface area contributed by atoms with Crippen LogP contribution in [0.1, 0.15) is 34.5 Å². The van der Waals surface area contributed by atoms with Gasteiger partial charge >= 0.3 is 5.97 Å². The first-order chi connectivity index (χ1) is 9.04. The number of carbonyl (C=O) groups is 1. The zero-order chi connectivity index (χ0) is 13.6. The van der Waals surface area contributed by atoms with Crippen molar-refractivity contribution in [2.45, 2.75) is 32.3 Å². The third kappa shape index (κ3) is 2.12. The maximum absolute atomic E-state index is 11.2. The van der Waals surface area contributed by atoms with Gasteiger partial charge in [0.15, 0.2) is 0 Å². The SMILES string of the molecule is Cc1oc2ccc(CC3CC(O)C3)cc2c1C(=O)O. The molecule has 0 aliphatic heterocycles. The van der Waals surface area contributed by atoms with Gasteiger partial charge in [-0.3, -0.25) is 0 Å². The lowest BCUT2D eigenvalue weighted by molar-refractivity contribution is 0.0432. The Hall–Kier alpha value is -1.81. The van der Waals surface area contributed by atoms with Gasteiger partial charge in [-0.05, 0) is 49.8 Å². The number of benzene rings is 1. The predicted octanol–water partition coefficient (Wildman–Crippen LogP) is 2.75. The second-order valence-electron chi connectivity index (χ2n) is 5.36. The molecule has 19 heavy (non-hydrogen) atoms. The van der Waals surface area contributed by atoms with Crippen molar-refractivity contribution in [2.75, 3.05) is 0 Å². The number of fused-ring (bicyclic) bond motifs is 1. The number of aliphatic hydroxyl groups is 1. The summed E-state index contributed by atoms with van der Waals surface area (Å²) in [4.78, 5) is 11.2. The average molecular weight is 260 g/mol. The van der Waals surface area contributed by atoms with Gasteiger partial charge in [-0.1, -0.05) is 6.07 Å². The summed E-state index contributed by atoms with van der Waals surface area (Å²) < 4.78 is 5.46. The van der Waals surface area contributed by atoms with Crippen molar-refractivity contribution in [2.24, 2.45) is 5.92 Å². The Morgan fingerprint density at radius 1 is 1.42 bits per heavy atom. The van der Waals surface area contributed by atoms with Crippen LogP contribution in [0.5, 0.6) is 0 Å². The Bertz CT molecular complexity index is 635. The quantitative estimate of drug-likeness (QED) is 0.890. The van der Waals surface area contributed by atoms with Crippen LogP contribution in [0.4, 0.5) is 0 Å². The highest BCUT2D eigenvalue weighted by Gasteiger charge is 2.27. The van der Waals surface area contributed by atoms with Crippen molar-refractivity contribution in [3.8, 4) is 0 Å². The number of aryl methyl sites for hydroxylation is 1. The second-order valence-corrected chi connectivity index (χ2v) is 5.36. The first-order valence-electron chi connectivity index (χ1n) is 6.48. The van der Waals surface area contributed by atoms with Gasteiger partial charge in [0.25, 0.3) is 0 Å². The molecule has 2 N–H and O–H groups in total. The van der Waals surface area contributed by atoms with Crippen molar-refractivity contribution < 1.29 is 19.4 Å². The minimum absolute atomic E-state index is 0.153. The second kappa shape index (κ2) is 4.38. The number of furan rings is 1. The van der Waals surface area contributed by atoms with E-state index in [0.717, 1.165) is 24.8 Å². The Morgan fingerprint density at radius 3 is 2.79 bits per heavy atom. The number of aliphatic hydroxyl groups excluding tert-OH is 1. The van der Waals surface area contributed by atoms with Gasteiger partial charge in [-0.2, -0.15) is 0 Å². The first-order valence-corrected chi connectivity index (χ1v) is 6.48. The van der Waals surface area contributed by atoms with Gasteiger partial charge in [-0.15, -0.1) is 0 Å². The lowest BCUT2D eigenvalue weighted by Gasteiger charge is -2.31. The Labute approximate surface area is 110 Å². The number of hydrogen-bond donors (Lipinski definition) is 2. The summed E-state index contributed by atoms with van der Waals surface area (Å²) in [6.45, 7) is 1.67. The average Bonchev–Trinajstić information content (AvgIpc) is 2.62. The fourth-order valence-corrected chi connectivity index (χ4v) is 2.86. The molecule has 0 atom stereocenters. The van der Waals surface area contributed by atoms with Crippen molar-refractivity contribution in [3.63, 3.8) is 0 Å². The molecule has 0 bridgehead atoms. The molecule has 4 heteroatoms. The van der Waals surface area contributed by atoms with E-state index in [2.05, 4.69) is 0 Å². The van der Waals surface area contributed by atoms with Crippen LogP contribution in [0.3, 0.4) is 0 Å². The van der Waals surface area contributed by atoms with E-state index in [1.54, 1.807) is 6.92 Å². The van der Waals surface area contributed by atoms with E-state index >= 15 is 0 Å². The number of carboxylic acid groups (broad SMARTS) is 1. The molecule has 1 aromatic carbocycles. The van der Waals surface area contributed by atoms with Crippen molar-refractivity contribution >= 4 is 16.9 Å². The summed E-state index contributed by atoms with van der Waals surface area (Å²) in [5.41, 5.74) is 1.98. The van der Waals surface area contributed by atoms with Crippen molar-refractivity contribution in [1.29, 1.82) is 0 Å². The molecule has 3 rings (SSSR count). The summed E-state index contributed by atoms with van der Waals surface area (Å²) in [7, 11) is 0. The van der Waals surface area contributed by atoms with Crippen LogP contribution in [0, 0.1) is 12.8 Å². The van der Waals surface area contributed by atoms with E-state index in [9.17, 15) is 15.0 Å². The molecule has 1 aliphatic rings. The zero-order valence-electron chi connectivity index (χ0n) is 10.7. The molecule has 0 saturated heterocycles. The molecular formula is C15H16O4. The number of aromatic carboxylic acids is 1. The molecule has 0 amide bonds. The maximum Gasteiger partial charge on any atom is 0.339 e. The summed E-state index contributed by atoms with van der Waals surface area (Å²) in [5.74, 6) is -0.0000845. The van der Waals surface area contributed by atoms with Gasteiger partial charge in [-0.25, -0.2) is 4.79 Å². The van der Waals surface area contributed by atoms with Crippen LogP contribution < -0.4 is 0 Å². The van der Waals surface area contributed by atoms with Crippen LogP contribution in [0.25, 0.3) is 11.0 Å². The molecule has 1 aliphatic carbocycles. The highest BCUT2D eigenvalue weighted by atomic mass is 16.4. The van der Waals surface area contributed by atoms with Crippen molar-refractivity contribution in [1.82, 2.24) is 0 Å². The molecule has 1 aromatic heterocycles. The van der Waals surface area contributed by atoms with E-state index in [-0.39, 0.29) is 11.7 Å². The van der Waals surface area contributed by atoms with Crippen molar-refractivity contribution in [3.05, 3.63) is 35.1 Å². The van der Waals surface area contributed by atoms with Crippen LogP contribution in [0.2, 0.25) is 0 Å². The van der Waals surface area contributed by atoms with E-state index in [1.165, 1.54) is 0 Å². The number of carboxylic acids is 1. The summed E-state index contributed by atoms with van der Waals surface area (Å²) in [6, 6.07) is 5.71. The molecule has 4 nitrogen and oxygen atoms in total. The smallest absolute Gasteiger partial charge is 0.339 e. The fourth-order valence-electron chi connectivity index (χ4n) is 2.86. The Morgan fingerprint density at radius 2 is 2.16 bits per heavy atom. The first kappa shape index (κ1) is 12.2. The maximum atomic E-state index is 11.2. The standard InChI is InChI=1S/C15H16O4/c1-8-14(15(17)18)12-7-9(2-3-13(12)19-8)4-10-5-11(16)6-10/h2-3,7,10-11,16H,4-6H2,1H3,(H,17,18). The van der Waals surface area contributed by atoms with E-state index in [4.69, 9.17) is 4.42 Å². The Balaban J connectivity index is 1.95. The summed E-state index contributed by atoms with van der Waals surface area (Å²) in [6.07, 6.45) is 2.41. The van der Waals surface area contributed by atoms with Crippen LogP contribution >= 0.6 is 0 Å². The highest BCUT2D eigenvalue weighted by Crippen LogP contribution is 2.32. The molecule has 1 saturated carbocycles. The predicted molar refractivity (Wildman–Crippen MR) is 70.3 cm³/mol. The number of hydrogen-bond acceptors (Lipinski definition) is 3. The third-order valence-corrected chi connectivity index (χ3v) is 3.88. The molecular weight excluding hydrogens is 244 g/mol.